The minimum absolute atomic E-state index is 0.363. The van der Waals surface area contributed by atoms with E-state index in [0.717, 1.165) is 11.3 Å². The van der Waals surface area contributed by atoms with Crippen molar-refractivity contribution in [2.24, 2.45) is 0 Å². The number of halogens is 1. The molecule has 0 fully saturated rings. The third kappa shape index (κ3) is 2.36. The van der Waals surface area contributed by atoms with Gasteiger partial charge in [0, 0.05) is 5.56 Å². The number of nitrogen functional groups attached to an aromatic ring is 2. The lowest BCUT2D eigenvalue weighted by molar-refractivity contribution is 1.20. The zero-order valence-electron chi connectivity index (χ0n) is 7.26. The SMILES string of the molecule is Cc1nc(N)c(N)cc1C#CCBr. The van der Waals surface area contributed by atoms with Crippen LogP contribution in [0.3, 0.4) is 0 Å². The Morgan fingerprint density at radius 2 is 2.23 bits per heavy atom. The molecule has 0 spiro atoms. The molecule has 0 bridgehead atoms. The fourth-order valence-electron chi connectivity index (χ4n) is 0.895. The Kier molecular flexibility index (Phi) is 3.15. The first kappa shape index (κ1) is 9.87. The topological polar surface area (TPSA) is 64.9 Å². The summed E-state index contributed by atoms with van der Waals surface area (Å²) < 4.78 is 0. The van der Waals surface area contributed by atoms with Crippen LogP contribution in [0.25, 0.3) is 0 Å². The Labute approximate surface area is 85.7 Å². The molecule has 0 aliphatic rings. The molecule has 3 nitrogen and oxygen atoms in total. The minimum atomic E-state index is 0.363. The maximum Gasteiger partial charge on any atom is 0.146 e. The van der Waals surface area contributed by atoms with Gasteiger partial charge >= 0.3 is 0 Å². The van der Waals surface area contributed by atoms with Gasteiger partial charge < -0.3 is 11.5 Å². The predicted molar refractivity (Wildman–Crippen MR) is 58.5 cm³/mol. The highest BCUT2D eigenvalue weighted by Crippen LogP contribution is 2.15. The second-order valence-corrected chi connectivity index (χ2v) is 3.09. The number of nitrogens with two attached hydrogens (primary N) is 2. The molecule has 4 N–H and O–H groups in total. The summed E-state index contributed by atoms with van der Waals surface area (Å²) in [5, 5.41) is 0.636. The van der Waals surface area contributed by atoms with Gasteiger partial charge in [0.25, 0.3) is 0 Å². The van der Waals surface area contributed by atoms with Crippen molar-refractivity contribution in [3.63, 3.8) is 0 Å². The van der Waals surface area contributed by atoms with Crippen molar-refractivity contribution in [2.45, 2.75) is 6.92 Å². The summed E-state index contributed by atoms with van der Waals surface area (Å²) in [7, 11) is 0. The molecule has 1 heterocycles. The van der Waals surface area contributed by atoms with E-state index < -0.39 is 0 Å². The Morgan fingerprint density at radius 1 is 1.54 bits per heavy atom. The second-order valence-electron chi connectivity index (χ2n) is 2.53. The van der Waals surface area contributed by atoms with Crippen molar-refractivity contribution in [1.29, 1.82) is 0 Å². The van der Waals surface area contributed by atoms with E-state index in [0.29, 0.717) is 16.8 Å². The van der Waals surface area contributed by atoms with Gasteiger partial charge in [0.15, 0.2) is 0 Å². The molecular formula is C9H10BrN3. The van der Waals surface area contributed by atoms with Gasteiger partial charge in [-0.3, -0.25) is 0 Å². The zero-order valence-corrected chi connectivity index (χ0v) is 8.85. The number of hydrogen-bond donors (Lipinski definition) is 2. The number of alkyl halides is 1. The van der Waals surface area contributed by atoms with Crippen molar-refractivity contribution in [3.8, 4) is 11.8 Å². The molecule has 0 radical (unpaired) electrons. The third-order valence-corrected chi connectivity index (χ3v) is 1.84. The second kappa shape index (κ2) is 4.15. The molecule has 0 unspecified atom stereocenters. The van der Waals surface area contributed by atoms with Gasteiger partial charge in [-0.25, -0.2) is 4.98 Å². The Morgan fingerprint density at radius 3 is 2.85 bits per heavy atom. The van der Waals surface area contributed by atoms with E-state index in [2.05, 4.69) is 32.8 Å². The van der Waals surface area contributed by atoms with Gasteiger partial charge in [-0.1, -0.05) is 27.8 Å². The van der Waals surface area contributed by atoms with Crippen molar-refractivity contribution in [3.05, 3.63) is 17.3 Å². The maximum absolute atomic E-state index is 5.59. The van der Waals surface area contributed by atoms with Crippen LogP contribution in [-0.4, -0.2) is 10.3 Å². The summed E-state index contributed by atoms with van der Waals surface area (Å²) in [5.74, 6) is 6.18. The fraction of sp³-hybridized carbons (Fsp3) is 0.222. The van der Waals surface area contributed by atoms with Crippen LogP contribution >= 0.6 is 15.9 Å². The highest BCUT2D eigenvalue weighted by molar-refractivity contribution is 9.09. The molecule has 1 aromatic heterocycles. The van der Waals surface area contributed by atoms with E-state index >= 15 is 0 Å². The fourth-order valence-corrected chi connectivity index (χ4v) is 1.03. The number of rotatable bonds is 0. The molecule has 4 heteroatoms. The molecule has 0 atom stereocenters. The van der Waals surface area contributed by atoms with E-state index in [4.69, 9.17) is 11.5 Å². The first-order chi connectivity index (χ1) is 6.15. The summed E-state index contributed by atoms with van der Waals surface area (Å²) >= 11 is 3.21. The van der Waals surface area contributed by atoms with Crippen LogP contribution in [0.4, 0.5) is 11.5 Å². The summed E-state index contributed by atoms with van der Waals surface area (Å²) in [6.07, 6.45) is 0. The average Bonchev–Trinajstić information content (AvgIpc) is 2.09. The molecule has 0 aromatic carbocycles. The molecule has 0 saturated carbocycles. The summed E-state index contributed by atoms with van der Waals surface area (Å²) in [6.45, 7) is 1.86. The van der Waals surface area contributed by atoms with Gasteiger partial charge in [0.1, 0.15) is 5.82 Å². The van der Waals surface area contributed by atoms with Crippen LogP contribution in [0.1, 0.15) is 11.3 Å². The molecule has 1 aromatic rings. The van der Waals surface area contributed by atoms with E-state index in [1.54, 1.807) is 6.07 Å². The van der Waals surface area contributed by atoms with E-state index in [1.165, 1.54) is 0 Å². The monoisotopic (exact) mass is 239 g/mol. The average molecular weight is 240 g/mol. The lowest BCUT2D eigenvalue weighted by Gasteiger charge is -2.02. The number of nitrogens with zero attached hydrogens (tertiary/aromatic N) is 1. The van der Waals surface area contributed by atoms with E-state index in [1.807, 2.05) is 6.92 Å². The number of hydrogen-bond acceptors (Lipinski definition) is 3. The molecule has 0 saturated heterocycles. The van der Waals surface area contributed by atoms with Crippen LogP contribution in [0.15, 0.2) is 6.07 Å². The van der Waals surface area contributed by atoms with Crippen LogP contribution in [-0.2, 0) is 0 Å². The number of anilines is 2. The molecule has 0 amide bonds. The van der Waals surface area contributed by atoms with Crippen LogP contribution < -0.4 is 11.5 Å². The van der Waals surface area contributed by atoms with Crippen molar-refractivity contribution < 1.29 is 0 Å². The Hall–Kier alpha value is -1.21. The third-order valence-electron chi connectivity index (χ3n) is 1.56. The van der Waals surface area contributed by atoms with Gasteiger partial charge in [-0.05, 0) is 13.0 Å². The molecule has 0 aliphatic carbocycles. The lowest BCUT2D eigenvalue weighted by Crippen LogP contribution is -2.01. The van der Waals surface area contributed by atoms with Crippen LogP contribution in [0.2, 0.25) is 0 Å². The van der Waals surface area contributed by atoms with Gasteiger partial charge in [-0.15, -0.1) is 0 Å². The molecule has 1 rings (SSSR count). The number of aryl methyl sites for hydroxylation is 1. The maximum atomic E-state index is 5.59. The Balaban J connectivity index is 3.16. The van der Waals surface area contributed by atoms with Crippen LogP contribution in [0.5, 0.6) is 0 Å². The molecule has 13 heavy (non-hydrogen) atoms. The lowest BCUT2D eigenvalue weighted by atomic mass is 10.2. The van der Waals surface area contributed by atoms with Crippen LogP contribution in [0, 0.1) is 18.8 Å². The molecule has 0 aliphatic heterocycles. The Bertz CT molecular complexity index is 376. The first-order valence-electron chi connectivity index (χ1n) is 3.72. The summed E-state index contributed by atoms with van der Waals surface area (Å²) in [5.41, 5.74) is 13.2. The van der Waals surface area contributed by atoms with Gasteiger partial charge in [-0.2, -0.15) is 0 Å². The zero-order chi connectivity index (χ0) is 9.84. The highest BCUT2D eigenvalue weighted by Gasteiger charge is 2.01. The normalized spacial score (nSPS) is 9.08. The standard InChI is InChI=1S/C9H10BrN3/c1-6-7(3-2-4-10)5-8(11)9(12)13-6/h5H,4,11H2,1H3,(H2,12,13). The van der Waals surface area contributed by atoms with E-state index in [9.17, 15) is 0 Å². The number of pyridine rings is 1. The summed E-state index contributed by atoms with van der Waals surface area (Å²) in [6, 6.07) is 1.74. The first-order valence-corrected chi connectivity index (χ1v) is 4.84. The smallest absolute Gasteiger partial charge is 0.146 e. The molecular weight excluding hydrogens is 230 g/mol. The minimum Gasteiger partial charge on any atom is -0.396 e. The van der Waals surface area contributed by atoms with Crippen molar-refractivity contribution in [2.75, 3.05) is 16.8 Å². The molecule has 68 valence electrons. The van der Waals surface area contributed by atoms with Gasteiger partial charge in [0.05, 0.1) is 16.7 Å². The van der Waals surface area contributed by atoms with Crippen molar-refractivity contribution >= 4 is 27.4 Å². The van der Waals surface area contributed by atoms with Crippen molar-refractivity contribution in [1.82, 2.24) is 4.98 Å². The highest BCUT2D eigenvalue weighted by atomic mass is 79.9. The predicted octanol–water partition coefficient (Wildman–Crippen LogP) is 1.30. The quantitative estimate of drug-likeness (QED) is 0.530. The van der Waals surface area contributed by atoms with E-state index in [-0.39, 0.29) is 0 Å². The number of aromatic nitrogens is 1. The van der Waals surface area contributed by atoms with Gasteiger partial charge in [0.2, 0.25) is 0 Å². The summed E-state index contributed by atoms with van der Waals surface area (Å²) in [4.78, 5) is 4.06. The largest absolute Gasteiger partial charge is 0.396 e.